The van der Waals surface area contributed by atoms with Crippen LogP contribution in [-0.4, -0.2) is 75.5 Å². The van der Waals surface area contributed by atoms with Gasteiger partial charge in [-0.2, -0.15) is 0 Å². The predicted octanol–water partition coefficient (Wildman–Crippen LogP) is 11.2. The summed E-state index contributed by atoms with van der Waals surface area (Å²) in [6, 6.07) is -0.732. The highest BCUT2D eigenvalue weighted by Crippen LogP contribution is 2.15. The molecule has 2 atom stereocenters. The normalized spacial score (nSPS) is 13.5. The van der Waals surface area contributed by atoms with E-state index in [1.165, 1.54) is 83.5 Å². The molecule has 0 fully saturated rings. The van der Waals surface area contributed by atoms with Gasteiger partial charge in [-0.1, -0.05) is 190 Å². The number of aliphatic carboxylic acids is 1. The van der Waals surface area contributed by atoms with E-state index in [2.05, 4.69) is 38.2 Å². The number of likely N-dealkylation sites (N-methyl/N-ethyl adjacent to an activating group) is 1. The van der Waals surface area contributed by atoms with E-state index >= 15 is 0 Å². The number of hydrogen-bond donors (Lipinski definition) is 0. The number of hydrogen-bond acceptors (Lipinski definition) is 7. The zero-order valence-corrected chi connectivity index (χ0v) is 37.2. The molecule has 8 heteroatoms. The van der Waals surface area contributed by atoms with Gasteiger partial charge in [-0.25, -0.2) is 0 Å². The Morgan fingerprint density at radius 2 is 0.965 bits per heavy atom. The number of nitrogens with zero attached hydrogens (tertiary/aromatic N) is 1. The third kappa shape index (κ3) is 38.3. The summed E-state index contributed by atoms with van der Waals surface area (Å²) in [5.74, 6) is -1.77. The van der Waals surface area contributed by atoms with Gasteiger partial charge in [-0.05, 0) is 32.1 Å². The van der Waals surface area contributed by atoms with Crippen LogP contribution in [0.15, 0.2) is 60.8 Å². The Kier molecular flexibility index (Phi) is 37.8. The number of esters is 2. The van der Waals surface area contributed by atoms with E-state index in [1.807, 2.05) is 36.5 Å². The Balaban J connectivity index is 4.39. The number of rotatable bonds is 40. The number of unbranched alkanes of at least 4 members (excludes halogenated alkanes) is 20. The lowest BCUT2D eigenvalue weighted by molar-refractivity contribution is -0.889. The smallest absolute Gasteiger partial charge is 0.306 e. The summed E-state index contributed by atoms with van der Waals surface area (Å²) in [5, 5.41) is 11.6. The van der Waals surface area contributed by atoms with Gasteiger partial charge in [0.1, 0.15) is 12.6 Å². The van der Waals surface area contributed by atoms with Gasteiger partial charge in [0.25, 0.3) is 0 Å². The van der Waals surface area contributed by atoms with E-state index in [4.69, 9.17) is 14.2 Å². The van der Waals surface area contributed by atoms with Crippen molar-refractivity contribution in [1.29, 1.82) is 0 Å². The molecular weight excluding hydrogens is 715 g/mol. The fraction of sp³-hybridized carbons (Fsp3) is 0.735. The maximum Gasteiger partial charge on any atom is 0.306 e. The summed E-state index contributed by atoms with van der Waals surface area (Å²) in [4.78, 5) is 36.9. The second-order valence-electron chi connectivity index (χ2n) is 16.4. The minimum absolute atomic E-state index is 0.0294. The fourth-order valence-electron chi connectivity index (χ4n) is 6.45. The second kappa shape index (κ2) is 39.8. The molecule has 0 spiro atoms. The fourth-order valence-corrected chi connectivity index (χ4v) is 6.45. The molecule has 0 rings (SSSR count). The molecule has 0 aliphatic rings. The van der Waals surface area contributed by atoms with Crippen molar-refractivity contribution in [2.45, 2.75) is 193 Å². The van der Waals surface area contributed by atoms with Crippen molar-refractivity contribution in [2.75, 3.05) is 41.0 Å². The number of quaternary nitrogens is 1. The highest BCUT2D eigenvalue weighted by atomic mass is 16.6. The molecule has 0 aromatic carbocycles. The molecule has 0 saturated heterocycles. The van der Waals surface area contributed by atoms with Crippen molar-refractivity contribution >= 4 is 17.9 Å². The zero-order chi connectivity index (χ0) is 42.1. The molecule has 0 amide bonds. The molecule has 0 saturated carbocycles. The van der Waals surface area contributed by atoms with Crippen LogP contribution in [0.25, 0.3) is 0 Å². The predicted molar refractivity (Wildman–Crippen MR) is 236 cm³/mol. The molecule has 0 aromatic rings. The number of allylic oxidation sites excluding steroid dienone is 10. The minimum Gasteiger partial charge on any atom is -0.544 e. The lowest BCUT2D eigenvalue weighted by atomic mass is 10.0. The maximum absolute atomic E-state index is 12.7. The number of carboxylic acids is 1. The standard InChI is InChI=1S/C49H85NO7/c1-6-8-10-12-14-16-18-20-22-23-24-26-28-30-32-34-36-38-40-48(52)57-45(43-55-42-41-46(49(53)54)50(3,4)5)44-56-47(51)39-37-35-33-31-29-27-25-21-19-17-15-13-11-9-7-2/h10,12,14,16,18,20,22-24,26,45-46H,6-9,11,13,15,17,19,21,25,27-44H2,1-5H3/b12-10+,16-14+,20-18+,23-22+,26-24+. The Labute approximate surface area is 349 Å². The van der Waals surface area contributed by atoms with E-state index in [-0.39, 0.29) is 42.7 Å². The van der Waals surface area contributed by atoms with Gasteiger partial charge in [-0.3, -0.25) is 9.59 Å². The van der Waals surface area contributed by atoms with Crippen LogP contribution in [0.3, 0.4) is 0 Å². The van der Waals surface area contributed by atoms with E-state index in [1.54, 1.807) is 21.1 Å². The SMILES string of the molecule is CCC/C=C/C=C/C=C/C=C/C=C/CCCCCCCC(=O)OC(COCCC(C(=O)[O-])[N+](C)(C)C)COC(=O)CCCCCCCCCCCCCCCCC. The number of carboxylic acid groups (broad SMARTS) is 1. The third-order valence-electron chi connectivity index (χ3n) is 10.0. The van der Waals surface area contributed by atoms with Crippen molar-refractivity contribution in [3.8, 4) is 0 Å². The van der Waals surface area contributed by atoms with Gasteiger partial charge in [-0.15, -0.1) is 0 Å². The topological polar surface area (TPSA) is 102 Å². The number of carbonyl (C=O) groups is 3. The summed E-state index contributed by atoms with van der Waals surface area (Å²) in [7, 11) is 5.39. The third-order valence-corrected chi connectivity index (χ3v) is 10.0. The van der Waals surface area contributed by atoms with Crippen LogP contribution in [0.1, 0.15) is 181 Å². The molecule has 0 aliphatic carbocycles. The van der Waals surface area contributed by atoms with Crippen LogP contribution in [0.5, 0.6) is 0 Å². The lowest BCUT2D eigenvalue weighted by Crippen LogP contribution is -2.55. The highest BCUT2D eigenvalue weighted by Gasteiger charge is 2.25. The van der Waals surface area contributed by atoms with Crippen LogP contribution in [0, 0.1) is 0 Å². The molecular formula is C49H85NO7. The quantitative estimate of drug-likeness (QED) is 0.0263. The first-order valence-corrected chi connectivity index (χ1v) is 22.9. The van der Waals surface area contributed by atoms with E-state index in [0.717, 1.165) is 64.2 Å². The summed E-state index contributed by atoms with van der Waals surface area (Å²) in [6.07, 6.45) is 48.0. The highest BCUT2D eigenvalue weighted by molar-refractivity contribution is 5.70. The van der Waals surface area contributed by atoms with E-state index in [0.29, 0.717) is 12.8 Å². The van der Waals surface area contributed by atoms with Crippen molar-refractivity contribution in [1.82, 2.24) is 0 Å². The van der Waals surface area contributed by atoms with Crippen LogP contribution < -0.4 is 5.11 Å². The first-order valence-electron chi connectivity index (χ1n) is 22.9. The van der Waals surface area contributed by atoms with Gasteiger partial charge in [0.05, 0.1) is 40.3 Å². The van der Waals surface area contributed by atoms with Gasteiger partial charge >= 0.3 is 11.9 Å². The lowest BCUT2D eigenvalue weighted by Gasteiger charge is -2.34. The molecule has 328 valence electrons. The van der Waals surface area contributed by atoms with Gasteiger partial charge < -0.3 is 28.6 Å². The first kappa shape index (κ1) is 54.0. The summed E-state index contributed by atoms with van der Waals surface area (Å²) >= 11 is 0. The van der Waals surface area contributed by atoms with E-state index in [9.17, 15) is 19.5 Å². The molecule has 2 unspecified atom stereocenters. The average Bonchev–Trinajstić information content (AvgIpc) is 3.17. The Morgan fingerprint density at radius 1 is 0.526 bits per heavy atom. The molecule has 0 bridgehead atoms. The minimum atomic E-state index is -1.13. The van der Waals surface area contributed by atoms with Gasteiger partial charge in [0.2, 0.25) is 0 Å². The molecule has 8 nitrogen and oxygen atoms in total. The molecule has 0 aliphatic heterocycles. The van der Waals surface area contributed by atoms with Crippen molar-refractivity contribution in [3.63, 3.8) is 0 Å². The largest absolute Gasteiger partial charge is 0.544 e. The average molecular weight is 800 g/mol. The Bertz CT molecular complexity index is 1120. The number of ether oxygens (including phenoxy) is 3. The van der Waals surface area contributed by atoms with Crippen LogP contribution >= 0.6 is 0 Å². The summed E-state index contributed by atoms with van der Waals surface area (Å²) < 4.78 is 17.2. The molecule has 0 radical (unpaired) electrons. The van der Waals surface area contributed by atoms with Gasteiger partial charge in [0.15, 0.2) is 6.10 Å². The maximum atomic E-state index is 12.7. The second-order valence-corrected chi connectivity index (χ2v) is 16.4. The molecule has 0 heterocycles. The number of carbonyl (C=O) groups excluding carboxylic acids is 3. The van der Waals surface area contributed by atoms with Crippen LogP contribution in [0.4, 0.5) is 0 Å². The monoisotopic (exact) mass is 800 g/mol. The van der Waals surface area contributed by atoms with Crippen LogP contribution in [0.2, 0.25) is 0 Å². The molecule has 57 heavy (non-hydrogen) atoms. The first-order chi connectivity index (χ1) is 27.6. The summed E-state index contributed by atoms with van der Waals surface area (Å²) in [6.45, 7) is 4.55. The molecule has 0 N–H and O–H groups in total. The Hall–Kier alpha value is -2.97. The Morgan fingerprint density at radius 3 is 1.44 bits per heavy atom. The van der Waals surface area contributed by atoms with Crippen molar-refractivity contribution in [3.05, 3.63) is 60.8 Å². The van der Waals surface area contributed by atoms with Crippen molar-refractivity contribution < 1.29 is 38.2 Å². The van der Waals surface area contributed by atoms with E-state index < -0.39 is 18.1 Å². The molecule has 0 aromatic heterocycles. The van der Waals surface area contributed by atoms with Crippen molar-refractivity contribution in [2.24, 2.45) is 0 Å². The zero-order valence-electron chi connectivity index (χ0n) is 37.2. The van der Waals surface area contributed by atoms with Gasteiger partial charge in [0, 0.05) is 19.3 Å². The summed E-state index contributed by atoms with van der Waals surface area (Å²) in [5.41, 5.74) is 0. The van der Waals surface area contributed by atoms with Crippen LogP contribution in [-0.2, 0) is 28.6 Å².